The Morgan fingerprint density at radius 3 is 2.31 bits per heavy atom. The number of hydrogen-bond acceptors (Lipinski definition) is 5. The molecule has 2 unspecified atom stereocenters. The molecule has 0 aliphatic rings. The number of aromatic nitrogens is 1. The molecule has 2 amide bonds. The Labute approximate surface area is 197 Å². The van der Waals surface area contributed by atoms with Crippen molar-refractivity contribution in [2.24, 2.45) is 17.4 Å². The second-order valence-electron chi connectivity index (χ2n) is 8.19. The summed E-state index contributed by atoms with van der Waals surface area (Å²) in [4.78, 5) is 22.6. The van der Waals surface area contributed by atoms with Crippen LogP contribution in [-0.2, 0) is 16.0 Å². The average Bonchev–Trinajstić information content (AvgIpc) is 3.13. The van der Waals surface area contributed by atoms with E-state index in [4.69, 9.17) is 9.78 Å². The van der Waals surface area contributed by atoms with Gasteiger partial charge in [0.05, 0.1) is 15.2 Å². The number of nitrogens with zero attached hydrogens (tertiary/aromatic N) is 1. The molecule has 7 heteroatoms. The van der Waals surface area contributed by atoms with Gasteiger partial charge >= 0.3 is 0 Å². The lowest BCUT2D eigenvalue weighted by molar-refractivity contribution is -0.116. The monoisotopic (exact) mass is 462 g/mol. The number of allylic oxidation sites excluding steroid dienone is 2. The van der Waals surface area contributed by atoms with Gasteiger partial charge in [0.15, 0.2) is 0 Å². The average molecular weight is 463 g/mol. The Morgan fingerprint density at radius 2 is 1.81 bits per heavy atom. The van der Waals surface area contributed by atoms with Crippen molar-refractivity contribution >= 4 is 33.9 Å². The standard InChI is InChI=1S/C22H34N2S.C2H5NO.CH3NO/c1-7-9-19(23-17(6)16(5)8-2)11-13-22-24-20-12-10-18(15(3)4)14-21(20)25-22;1-2(3)4;2-1-3/h9-10,12,14-17,23H,7-8,11,13H2,1-6H3;1H3,(H2,3,4);1H,(H2,2,3)/b19-9+;;. The molecule has 0 bridgehead atoms. The van der Waals surface area contributed by atoms with Crippen molar-refractivity contribution in [1.29, 1.82) is 0 Å². The van der Waals surface area contributed by atoms with Crippen LogP contribution in [0.4, 0.5) is 0 Å². The van der Waals surface area contributed by atoms with E-state index in [0.29, 0.717) is 17.9 Å². The predicted octanol–water partition coefficient (Wildman–Crippen LogP) is 5.26. The Morgan fingerprint density at radius 1 is 1.22 bits per heavy atom. The number of nitrogens with one attached hydrogen (secondary N) is 1. The van der Waals surface area contributed by atoms with Gasteiger partial charge < -0.3 is 16.8 Å². The van der Waals surface area contributed by atoms with Crippen LogP contribution in [0.25, 0.3) is 10.2 Å². The highest BCUT2D eigenvalue weighted by molar-refractivity contribution is 7.18. The highest BCUT2D eigenvalue weighted by atomic mass is 32.1. The highest BCUT2D eigenvalue weighted by Crippen LogP contribution is 2.27. The zero-order valence-electron chi connectivity index (χ0n) is 20.8. The van der Waals surface area contributed by atoms with E-state index in [1.165, 1.54) is 34.3 Å². The lowest BCUT2D eigenvalue weighted by Gasteiger charge is -2.23. The van der Waals surface area contributed by atoms with Crippen molar-refractivity contribution in [2.45, 2.75) is 86.1 Å². The number of rotatable bonds is 9. The highest BCUT2D eigenvalue weighted by Gasteiger charge is 2.12. The Kier molecular flexibility index (Phi) is 15.0. The Balaban J connectivity index is 0.00000121. The zero-order valence-corrected chi connectivity index (χ0v) is 21.6. The number of amides is 2. The Bertz CT molecular complexity index is 842. The van der Waals surface area contributed by atoms with E-state index < -0.39 is 0 Å². The van der Waals surface area contributed by atoms with Crippen LogP contribution in [0.5, 0.6) is 0 Å². The van der Waals surface area contributed by atoms with Crippen LogP contribution in [0.3, 0.4) is 0 Å². The van der Waals surface area contributed by atoms with Gasteiger partial charge in [0.25, 0.3) is 0 Å². The van der Waals surface area contributed by atoms with Crippen molar-refractivity contribution in [3.63, 3.8) is 0 Å². The molecule has 32 heavy (non-hydrogen) atoms. The molecule has 2 rings (SSSR count). The summed E-state index contributed by atoms with van der Waals surface area (Å²) in [6.07, 6.45) is 6.94. The quantitative estimate of drug-likeness (QED) is 0.441. The third-order valence-corrected chi connectivity index (χ3v) is 6.17. The van der Waals surface area contributed by atoms with Crippen LogP contribution in [0.1, 0.15) is 84.2 Å². The molecule has 6 nitrogen and oxygen atoms in total. The number of benzene rings is 1. The molecule has 0 aliphatic heterocycles. The number of thiazole rings is 1. The molecule has 1 aromatic heterocycles. The molecule has 5 N–H and O–H groups in total. The smallest absolute Gasteiger partial charge is 0.214 e. The first-order chi connectivity index (χ1) is 15.1. The fourth-order valence-electron chi connectivity index (χ4n) is 2.96. The lowest BCUT2D eigenvalue weighted by Crippen LogP contribution is -2.31. The largest absolute Gasteiger partial charge is 0.386 e. The molecule has 1 heterocycles. The maximum absolute atomic E-state index is 9.22. The number of primary amides is 2. The number of nitrogens with two attached hydrogens (primary N) is 2. The molecule has 0 aliphatic carbocycles. The second kappa shape index (κ2) is 16.3. The zero-order chi connectivity index (χ0) is 24.7. The van der Waals surface area contributed by atoms with Crippen LogP contribution >= 0.6 is 11.3 Å². The van der Waals surface area contributed by atoms with E-state index in [9.17, 15) is 4.79 Å². The topological polar surface area (TPSA) is 111 Å². The van der Waals surface area contributed by atoms with Gasteiger partial charge in [-0.15, -0.1) is 11.3 Å². The van der Waals surface area contributed by atoms with Crippen LogP contribution in [0.15, 0.2) is 30.0 Å². The summed E-state index contributed by atoms with van der Waals surface area (Å²) in [6.45, 7) is 14.9. The van der Waals surface area contributed by atoms with Gasteiger partial charge in [-0.2, -0.15) is 0 Å². The van der Waals surface area contributed by atoms with Crippen LogP contribution in [-0.4, -0.2) is 23.3 Å². The summed E-state index contributed by atoms with van der Waals surface area (Å²) < 4.78 is 1.32. The molecule has 0 radical (unpaired) electrons. The molecule has 0 saturated carbocycles. The normalized spacial score (nSPS) is 12.8. The minimum absolute atomic E-state index is 0.250. The minimum atomic E-state index is -0.333. The van der Waals surface area contributed by atoms with Crippen LogP contribution in [0, 0.1) is 5.92 Å². The van der Waals surface area contributed by atoms with Gasteiger partial charge in [-0.3, -0.25) is 9.59 Å². The van der Waals surface area contributed by atoms with Crippen molar-refractivity contribution < 1.29 is 9.59 Å². The number of carbonyl (C=O) groups excluding carboxylic acids is 2. The third-order valence-electron chi connectivity index (χ3n) is 5.09. The van der Waals surface area contributed by atoms with Crippen LogP contribution in [0.2, 0.25) is 0 Å². The first-order valence-electron chi connectivity index (χ1n) is 11.4. The van der Waals surface area contributed by atoms with E-state index in [2.05, 4.69) is 82.6 Å². The molecule has 0 saturated heterocycles. The van der Waals surface area contributed by atoms with Gasteiger partial charge in [0.1, 0.15) is 0 Å². The fourth-order valence-corrected chi connectivity index (χ4v) is 3.98. The molecule has 0 fully saturated rings. The van der Waals surface area contributed by atoms with Gasteiger partial charge in [0.2, 0.25) is 12.3 Å². The molecule has 2 atom stereocenters. The maximum atomic E-state index is 9.22. The first-order valence-corrected chi connectivity index (χ1v) is 12.2. The van der Waals surface area contributed by atoms with Crippen molar-refractivity contribution in [3.8, 4) is 0 Å². The predicted molar refractivity (Wildman–Crippen MR) is 138 cm³/mol. The summed E-state index contributed by atoms with van der Waals surface area (Å²) >= 11 is 1.85. The molecule has 180 valence electrons. The van der Waals surface area contributed by atoms with Gasteiger partial charge in [-0.1, -0.05) is 53.2 Å². The maximum Gasteiger partial charge on any atom is 0.214 e. The molecule has 2 aromatic rings. The second-order valence-corrected chi connectivity index (χ2v) is 9.31. The van der Waals surface area contributed by atoms with E-state index in [1.807, 2.05) is 11.3 Å². The van der Waals surface area contributed by atoms with Crippen molar-refractivity contribution in [3.05, 3.63) is 40.5 Å². The summed E-state index contributed by atoms with van der Waals surface area (Å²) in [5, 5.41) is 4.98. The van der Waals surface area contributed by atoms with Crippen molar-refractivity contribution in [1.82, 2.24) is 10.3 Å². The van der Waals surface area contributed by atoms with E-state index >= 15 is 0 Å². The molecule has 0 spiro atoms. The Hall–Kier alpha value is -2.41. The van der Waals surface area contributed by atoms with Gasteiger partial charge in [-0.05, 0) is 49.3 Å². The molecular formula is C25H42N4O2S. The summed E-state index contributed by atoms with van der Waals surface area (Å²) in [6, 6.07) is 7.23. The van der Waals surface area contributed by atoms with Gasteiger partial charge in [0, 0.05) is 25.1 Å². The summed E-state index contributed by atoms with van der Waals surface area (Å²) in [7, 11) is 0. The first kappa shape index (κ1) is 29.6. The minimum Gasteiger partial charge on any atom is -0.386 e. The van der Waals surface area contributed by atoms with E-state index in [1.54, 1.807) is 0 Å². The molecular weight excluding hydrogens is 420 g/mol. The number of fused-ring (bicyclic) bond motifs is 1. The summed E-state index contributed by atoms with van der Waals surface area (Å²) in [5.41, 5.74) is 12.6. The SMILES string of the molecule is CC(N)=O.CC/C=C(\CCc1nc2ccc(C(C)C)cc2s1)NC(C)C(C)CC.NC=O. The van der Waals surface area contributed by atoms with E-state index in [0.717, 1.165) is 24.8 Å². The molecule has 1 aromatic carbocycles. The third kappa shape index (κ3) is 11.8. The van der Waals surface area contributed by atoms with Gasteiger partial charge in [-0.25, -0.2) is 4.98 Å². The van der Waals surface area contributed by atoms with Crippen LogP contribution < -0.4 is 16.8 Å². The number of carbonyl (C=O) groups is 2. The summed E-state index contributed by atoms with van der Waals surface area (Å²) in [5.74, 6) is 0.928. The number of hydrogen-bond donors (Lipinski definition) is 3. The lowest BCUT2D eigenvalue weighted by atomic mass is 10.00. The fraction of sp³-hybridized carbons (Fsp3) is 0.560. The number of aryl methyl sites for hydroxylation is 1. The van der Waals surface area contributed by atoms with E-state index in [-0.39, 0.29) is 12.3 Å². The van der Waals surface area contributed by atoms with Crippen molar-refractivity contribution in [2.75, 3.05) is 0 Å².